The Balaban J connectivity index is 2.50. The van der Waals surface area contributed by atoms with E-state index in [0.717, 1.165) is 17.9 Å². The Bertz CT molecular complexity index is 399. The lowest BCUT2D eigenvalue weighted by atomic mass is 9.96. The molecule has 1 heterocycles. The van der Waals surface area contributed by atoms with E-state index in [-0.39, 0.29) is 6.04 Å². The summed E-state index contributed by atoms with van der Waals surface area (Å²) >= 11 is 0. The first-order valence-corrected chi connectivity index (χ1v) is 5.74. The van der Waals surface area contributed by atoms with Gasteiger partial charge in [-0.2, -0.15) is 0 Å². The molecule has 1 atom stereocenters. The van der Waals surface area contributed by atoms with Gasteiger partial charge in [0, 0.05) is 11.6 Å². The molecule has 3 heteroatoms. The molecule has 0 aromatic heterocycles. The van der Waals surface area contributed by atoms with Gasteiger partial charge in [-0.25, -0.2) is 0 Å². The number of benzene rings is 1. The molecule has 0 saturated heterocycles. The fourth-order valence-corrected chi connectivity index (χ4v) is 2.06. The first-order chi connectivity index (χ1) is 7.59. The molecule has 16 heavy (non-hydrogen) atoms. The summed E-state index contributed by atoms with van der Waals surface area (Å²) in [5.74, 6) is 1.76. The molecule has 0 fully saturated rings. The fraction of sp³-hybridized carbons (Fsp3) is 0.538. The van der Waals surface area contributed by atoms with Crippen LogP contribution in [-0.4, -0.2) is 19.3 Å². The molecule has 0 radical (unpaired) electrons. The van der Waals surface area contributed by atoms with Crippen molar-refractivity contribution in [3.8, 4) is 11.5 Å². The Hall–Kier alpha value is -1.22. The SMILES string of the molecule is Cc1cc2c(c(CC(C)N)c1C)OCCO2. The Labute approximate surface area is 96.5 Å². The predicted molar refractivity (Wildman–Crippen MR) is 64.3 cm³/mol. The topological polar surface area (TPSA) is 44.5 Å². The zero-order valence-corrected chi connectivity index (χ0v) is 10.2. The van der Waals surface area contributed by atoms with Crippen molar-refractivity contribution >= 4 is 0 Å². The second-order valence-electron chi connectivity index (χ2n) is 4.50. The maximum atomic E-state index is 5.88. The first-order valence-electron chi connectivity index (χ1n) is 5.74. The van der Waals surface area contributed by atoms with E-state index in [1.165, 1.54) is 16.7 Å². The molecule has 0 spiro atoms. The second kappa shape index (κ2) is 4.34. The molecule has 1 aliphatic heterocycles. The maximum absolute atomic E-state index is 5.88. The summed E-state index contributed by atoms with van der Waals surface area (Å²) in [7, 11) is 0. The van der Waals surface area contributed by atoms with Crippen LogP contribution >= 0.6 is 0 Å². The highest BCUT2D eigenvalue weighted by atomic mass is 16.6. The van der Waals surface area contributed by atoms with Crippen LogP contribution in [0.25, 0.3) is 0 Å². The summed E-state index contributed by atoms with van der Waals surface area (Å²) in [6.07, 6.45) is 0.833. The second-order valence-corrected chi connectivity index (χ2v) is 4.50. The van der Waals surface area contributed by atoms with Gasteiger partial charge in [0.2, 0.25) is 0 Å². The third-order valence-electron chi connectivity index (χ3n) is 3.00. The van der Waals surface area contributed by atoms with E-state index in [0.29, 0.717) is 13.2 Å². The highest BCUT2D eigenvalue weighted by molar-refractivity contribution is 5.54. The molecule has 88 valence electrons. The van der Waals surface area contributed by atoms with Crippen LogP contribution in [0, 0.1) is 13.8 Å². The van der Waals surface area contributed by atoms with Gasteiger partial charge in [-0.3, -0.25) is 0 Å². The van der Waals surface area contributed by atoms with Gasteiger partial charge in [-0.05, 0) is 44.4 Å². The predicted octanol–water partition coefficient (Wildman–Crippen LogP) is 1.96. The lowest BCUT2D eigenvalue weighted by molar-refractivity contribution is 0.169. The lowest BCUT2D eigenvalue weighted by Gasteiger charge is -2.24. The Morgan fingerprint density at radius 1 is 1.31 bits per heavy atom. The number of fused-ring (bicyclic) bond motifs is 1. The van der Waals surface area contributed by atoms with Gasteiger partial charge in [-0.1, -0.05) is 0 Å². The van der Waals surface area contributed by atoms with Crippen molar-refractivity contribution in [2.75, 3.05) is 13.2 Å². The summed E-state index contributed by atoms with van der Waals surface area (Å²) in [5, 5.41) is 0. The summed E-state index contributed by atoms with van der Waals surface area (Å²) in [5.41, 5.74) is 9.58. The zero-order valence-electron chi connectivity index (χ0n) is 10.2. The third-order valence-corrected chi connectivity index (χ3v) is 3.00. The van der Waals surface area contributed by atoms with E-state index < -0.39 is 0 Å². The molecule has 2 rings (SSSR count). The average molecular weight is 221 g/mol. The molecule has 0 bridgehead atoms. The molecule has 0 aliphatic carbocycles. The molecular weight excluding hydrogens is 202 g/mol. The van der Waals surface area contributed by atoms with Crippen LogP contribution in [0.2, 0.25) is 0 Å². The Morgan fingerprint density at radius 3 is 2.69 bits per heavy atom. The van der Waals surface area contributed by atoms with E-state index in [9.17, 15) is 0 Å². The standard InChI is InChI=1S/C13H19NO2/c1-8-6-12-13(16-5-4-15-12)11(10(8)3)7-9(2)14/h6,9H,4-5,7,14H2,1-3H3. The monoisotopic (exact) mass is 221 g/mol. The van der Waals surface area contributed by atoms with E-state index in [4.69, 9.17) is 15.2 Å². The highest BCUT2D eigenvalue weighted by Gasteiger charge is 2.20. The third kappa shape index (κ3) is 2.00. The number of rotatable bonds is 2. The molecular formula is C13H19NO2. The quantitative estimate of drug-likeness (QED) is 0.830. The average Bonchev–Trinajstić information content (AvgIpc) is 2.24. The minimum absolute atomic E-state index is 0.134. The maximum Gasteiger partial charge on any atom is 0.164 e. The summed E-state index contributed by atoms with van der Waals surface area (Å²) in [6.45, 7) is 7.48. The Morgan fingerprint density at radius 2 is 2.00 bits per heavy atom. The van der Waals surface area contributed by atoms with E-state index in [1.807, 2.05) is 6.92 Å². The van der Waals surface area contributed by atoms with Gasteiger partial charge in [0.15, 0.2) is 11.5 Å². The van der Waals surface area contributed by atoms with Crippen molar-refractivity contribution in [2.24, 2.45) is 5.73 Å². The zero-order chi connectivity index (χ0) is 11.7. The number of aryl methyl sites for hydroxylation is 1. The molecule has 1 aromatic carbocycles. The Kier molecular flexibility index (Phi) is 3.06. The van der Waals surface area contributed by atoms with Crippen LogP contribution in [0.1, 0.15) is 23.6 Å². The van der Waals surface area contributed by atoms with Crippen molar-refractivity contribution in [1.82, 2.24) is 0 Å². The highest BCUT2D eigenvalue weighted by Crippen LogP contribution is 2.38. The van der Waals surface area contributed by atoms with Crippen LogP contribution in [-0.2, 0) is 6.42 Å². The van der Waals surface area contributed by atoms with E-state index in [2.05, 4.69) is 19.9 Å². The molecule has 0 saturated carbocycles. The van der Waals surface area contributed by atoms with Gasteiger partial charge in [0.1, 0.15) is 13.2 Å². The molecule has 3 nitrogen and oxygen atoms in total. The van der Waals surface area contributed by atoms with Crippen molar-refractivity contribution in [3.05, 3.63) is 22.8 Å². The number of ether oxygens (including phenoxy) is 2. The minimum atomic E-state index is 0.134. The van der Waals surface area contributed by atoms with Crippen LogP contribution in [0.5, 0.6) is 11.5 Å². The molecule has 1 unspecified atom stereocenters. The first kappa shape index (κ1) is 11.3. The largest absolute Gasteiger partial charge is 0.486 e. The van der Waals surface area contributed by atoms with Crippen molar-refractivity contribution < 1.29 is 9.47 Å². The van der Waals surface area contributed by atoms with Crippen LogP contribution < -0.4 is 15.2 Å². The summed E-state index contributed by atoms with van der Waals surface area (Å²) in [6, 6.07) is 2.18. The van der Waals surface area contributed by atoms with Gasteiger partial charge >= 0.3 is 0 Å². The smallest absolute Gasteiger partial charge is 0.164 e. The normalized spacial score (nSPS) is 16.0. The van der Waals surface area contributed by atoms with Crippen molar-refractivity contribution in [1.29, 1.82) is 0 Å². The molecule has 0 amide bonds. The van der Waals surface area contributed by atoms with Crippen LogP contribution in [0.15, 0.2) is 6.07 Å². The van der Waals surface area contributed by atoms with Crippen molar-refractivity contribution in [2.45, 2.75) is 33.2 Å². The number of hydrogen-bond acceptors (Lipinski definition) is 3. The molecule has 1 aliphatic rings. The summed E-state index contributed by atoms with van der Waals surface area (Å²) < 4.78 is 11.3. The van der Waals surface area contributed by atoms with E-state index >= 15 is 0 Å². The molecule has 2 N–H and O–H groups in total. The minimum Gasteiger partial charge on any atom is -0.486 e. The van der Waals surface area contributed by atoms with Gasteiger partial charge in [-0.15, -0.1) is 0 Å². The molecule has 1 aromatic rings. The van der Waals surface area contributed by atoms with E-state index in [1.54, 1.807) is 0 Å². The summed E-state index contributed by atoms with van der Waals surface area (Å²) in [4.78, 5) is 0. The van der Waals surface area contributed by atoms with Crippen LogP contribution in [0.3, 0.4) is 0 Å². The van der Waals surface area contributed by atoms with Gasteiger partial charge in [0.25, 0.3) is 0 Å². The fourth-order valence-electron chi connectivity index (χ4n) is 2.06. The van der Waals surface area contributed by atoms with Crippen LogP contribution in [0.4, 0.5) is 0 Å². The number of hydrogen-bond donors (Lipinski definition) is 1. The van der Waals surface area contributed by atoms with Crippen molar-refractivity contribution in [3.63, 3.8) is 0 Å². The number of nitrogens with two attached hydrogens (primary N) is 1. The lowest BCUT2D eigenvalue weighted by Crippen LogP contribution is -2.22. The van der Waals surface area contributed by atoms with Gasteiger partial charge < -0.3 is 15.2 Å². The van der Waals surface area contributed by atoms with Gasteiger partial charge in [0.05, 0.1) is 0 Å².